The number of piperazine rings is 1. The average molecular weight is 323 g/mol. The van der Waals surface area contributed by atoms with Crippen molar-refractivity contribution >= 4 is 18.1 Å². The first-order chi connectivity index (χ1) is 9.72. The van der Waals surface area contributed by atoms with Crippen molar-refractivity contribution in [2.45, 2.75) is 6.92 Å². The SMILES string of the molecule is CCOCCOc1cc(F)c(N2CCNCC2)c(F)c1.Cl. The summed E-state index contributed by atoms with van der Waals surface area (Å²) in [7, 11) is 0. The third kappa shape index (κ3) is 4.98. The minimum atomic E-state index is -0.585. The lowest BCUT2D eigenvalue weighted by atomic mass is 10.2. The van der Waals surface area contributed by atoms with Crippen molar-refractivity contribution in [3.05, 3.63) is 23.8 Å². The van der Waals surface area contributed by atoms with E-state index in [-0.39, 0.29) is 30.5 Å². The van der Waals surface area contributed by atoms with Gasteiger partial charge in [-0.2, -0.15) is 0 Å². The zero-order chi connectivity index (χ0) is 14.4. The van der Waals surface area contributed by atoms with Gasteiger partial charge in [0.2, 0.25) is 0 Å². The van der Waals surface area contributed by atoms with Crippen LogP contribution < -0.4 is 15.0 Å². The highest BCUT2D eigenvalue weighted by molar-refractivity contribution is 5.85. The van der Waals surface area contributed by atoms with Crippen LogP contribution in [-0.2, 0) is 4.74 Å². The molecule has 0 aromatic heterocycles. The molecule has 1 aliphatic rings. The maximum absolute atomic E-state index is 14.1. The van der Waals surface area contributed by atoms with Gasteiger partial charge in [0, 0.05) is 44.9 Å². The van der Waals surface area contributed by atoms with Crippen LogP contribution >= 0.6 is 12.4 Å². The van der Waals surface area contributed by atoms with Crippen molar-refractivity contribution < 1.29 is 18.3 Å². The molecule has 0 amide bonds. The van der Waals surface area contributed by atoms with Crippen molar-refractivity contribution in [1.82, 2.24) is 5.32 Å². The van der Waals surface area contributed by atoms with E-state index in [1.54, 1.807) is 4.90 Å². The molecule has 0 unspecified atom stereocenters. The molecule has 1 aliphatic heterocycles. The van der Waals surface area contributed by atoms with E-state index in [1.165, 1.54) is 12.1 Å². The van der Waals surface area contributed by atoms with E-state index in [2.05, 4.69) is 5.32 Å². The Hall–Kier alpha value is -1.11. The number of rotatable bonds is 6. The average Bonchev–Trinajstić information content (AvgIpc) is 2.44. The van der Waals surface area contributed by atoms with Gasteiger partial charge in [0.05, 0.1) is 6.61 Å². The Bertz CT molecular complexity index is 420. The van der Waals surface area contributed by atoms with E-state index in [0.717, 1.165) is 13.1 Å². The smallest absolute Gasteiger partial charge is 0.153 e. The largest absolute Gasteiger partial charge is 0.491 e. The predicted octanol–water partition coefficient (Wildman–Crippen LogP) is 2.21. The maximum Gasteiger partial charge on any atom is 0.153 e. The standard InChI is InChI=1S/C14H20F2N2O2.ClH/c1-2-19-7-8-20-11-9-12(15)14(13(16)10-11)18-5-3-17-4-6-18;/h9-10,17H,2-8H2,1H3;1H. The molecule has 1 heterocycles. The summed E-state index contributed by atoms with van der Waals surface area (Å²) in [5.74, 6) is -0.977. The number of nitrogens with zero attached hydrogens (tertiary/aromatic N) is 1. The van der Waals surface area contributed by atoms with Crippen LogP contribution in [-0.4, -0.2) is 46.0 Å². The topological polar surface area (TPSA) is 33.7 Å². The number of hydrogen-bond donors (Lipinski definition) is 1. The van der Waals surface area contributed by atoms with Gasteiger partial charge >= 0.3 is 0 Å². The second-order valence-corrected chi connectivity index (χ2v) is 4.52. The van der Waals surface area contributed by atoms with E-state index in [9.17, 15) is 8.78 Å². The summed E-state index contributed by atoms with van der Waals surface area (Å²) in [6.07, 6.45) is 0. The molecule has 0 saturated carbocycles. The van der Waals surface area contributed by atoms with Crippen LogP contribution in [0.4, 0.5) is 14.5 Å². The first-order valence-electron chi connectivity index (χ1n) is 6.87. The third-order valence-electron chi connectivity index (χ3n) is 3.12. The highest BCUT2D eigenvalue weighted by Crippen LogP contribution is 2.28. The number of nitrogens with one attached hydrogen (secondary N) is 1. The second kappa shape index (κ2) is 9.02. The van der Waals surface area contributed by atoms with Crippen LogP contribution in [0.25, 0.3) is 0 Å². The van der Waals surface area contributed by atoms with E-state index in [1.807, 2.05) is 6.92 Å². The molecule has 4 nitrogen and oxygen atoms in total. The van der Waals surface area contributed by atoms with Gasteiger partial charge in [-0.1, -0.05) is 0 Å². The Balaban J connectivity index is 0.00000220. The molecule has 1 saturated heterocycles. The lowest BCUT2D eigenvalue weighted by Crippen LogP contribution is -2.44. The Labute approximate surface area is 129 Å². The number of benzene rings is 1. The van der Waals surface area contributed by atoms with Gasteiger partial charge in [0.1, 0.15) is 18.0 Å². The molecule has 7 heteroatoms. The van der Waals surface area contributed by atoms with Gasteiger partial charge in [-0.3, -0.25) is 0 Å². The van der Waals surface area contributed by atoms with E-state index in [4.69, 9.17) is 9.47 Å². The number of hydrogen-bond acceptors (Lipinski definition) is 4. The van der Waals surface area contributed by atoms with E-state index in [0.29, 0.717) is 26.3 Å². The lowest BCUT2D eigenvalue weighted by Gasteiger charge is -2.30. The van der Waals surface area contributed by atoms with Gasteiger partial charge in [-0.05, 0) is 6.92 Å². The highest BCUT2D eigenvalue weighted by Gasteiger charge is 2.20. The molecule has 1 aromatic carbocycles. The minimum absolute atomic E-state index is 0. The number of ether oxygens (including phenoxy) is 2. The van der Waals surface area contributed by atoms with Crippen LogP contribution in [0.3, 0.4) is 0 Å². The summed E-state index contributed by atoms with van der Waals surface area (Å²) < 4.78 is 38.5. The van der Waals surface area contributed by atoms with Gasteiger partial charge in [0.15, 0.2) is 11.6 Å². The molecule has 0 atom stereocenters. The molecule has 2 rings (SSSR count). The fourth-order valence-electron chi connectivity index (χ4n) is 2.18. The summed E-state index contributed by atoms with van der Waals surface area (Å²) >= 11 is 0. The van der Waals surface area contributed by atoms with Crippen LogP contribution in [0.5, 0.6) is 5.75 Å². The van der Waals surface area contributed by atoms with Gasteiger partial charge < -0.3 is 19.7 Å². The first-order valence-corrected chi connectivity index (χ1v) is 6.87. The highest BCUT2D eigenvalue weighted by atomic mass is 35.5. The molecular weight excluding hydrogens is 302 g/mol. The molecule has 0 aliphatic carbocycles. The van der Waals surface area contributed by atoms with Crippen molar-refractivity contribution in [2.24, 2.45) is 0 Å². The number of anilines is 1. The van der Waals surface area contributed by atoms with Crippen LogP contribution in [0.15, 0.2) is 12.1 Å². The third-order valence-corrected chi connectivity index (χ3v) is 3.12. The summed E-state index contributed by atoms with van der Waals surface area (Å²) in [5, 5.41) is 3.15. The second-order valence-electron chi connectivity index (χ2n) is 4.52. The summed E-state index contributed by atoms with van der Waals surface area (Å²) in [4.78, 5) is 1.71. The van der Waals surface area contributed by atoms with Crippen molar-refractivity contribution in [3.63, 3.8) is 0 Å². The monoisotopic (exact) mass is 322 g/mol. The molecule has 0 radical (unpaired) electrons. The Morgan fingerprint density at radius 2 is 1.76 bits per heavy atom. The Morgan fingerprint density at radius 1 is 1.14 bits per heavy atom. The van der Waals surface area contributed by atoms with Crippen LogP contribution in [0.1, 0.15) is 6.92 Å². The fraction of sp³-hybridized carbons (Fsp3) is 0.571. The number of halogens is 3. The molecular formula is C14H21ClF2N2O2. The van der Waals surface area contributed by atoms with Gasteiger partial charge in [-0.25, -0.2) is 8.78 Å². The van der Waals surface area contributed by atoms with Crippen molar-refractivity contribution in [1.29, 1.82) is 0 Å². The summed E-state index contributed by atoms with van der Waals surface area (Å²) in [6, 6.07) is 2.46. The van der Waals surface area contributed by atoms with Gasteiger partial charge in [-0.15, -0.1) is 12.4 Å². The molecule has 0 spiro atoms. The summed E-state index contributed by atoms with van der Waals surface area (Å²) in [5.41, 5.74) is 0.0312. The molecule has 1 N–H and O–H groups in total. The molecule has 1 aromatic rings. The zero-order valence-electron chi connectivity index (χ0n) is 12.0. The molecule has 0 bridgehead atoms. The van der Waals surface area contributed by atoms with Crippen LogP contribution in [0.2, 0.25) is 0 Å². The maximum atomic E-state index is 14.1. The quantitative estimate of drug-likeness (QED) is 0.814. The molecule has 21 heavy (non-hydrogen) atoms. The lowest BCUT2D eigenvalue weighted by molar-refractivity contribution is 0.110. The minimum Gasteiger partial charge on any atom is -0.491 e. The molecule has 120 valence electrons. The Kier molecular flexibility index (Phi) is 7.71. The van der Waals surface area contributed by atoms with Crippen molar-refractivity contribution in [2.75, 3.05) is 50.9 Å². The summed E-state index contributed by atoms with van der Waals surface area (Å²) in [6.45, 7) is 5.79. The fourth-order valence-corrected chi connectivity index (χ4v) is 2.18. The zero-order valence-corrected chi connectivity index (χ0v) is 12.8. The predicted molar refractivity (Wildman–Crippen MR) is 80.7 cm³/mol. The molecule has 1 fully saturated rings. The van der Waals surface area contributed by atoms with E-state index >= 15 is 0 Å². The first kappa shape index (κ1) is 17.9. The van der Waals surface area contributed by atoms with Crippen molar-refractivity contribution in [3.8, 4) is 5.75 Å². The Morgan fingerprint density at radius 3 is 2.33 bits per heavy atom. The van der Waals surface area contributed by atoms with E-state index < -0.39 is 11.6 Å². The van der Waals surface area contributed by atoms with Crippen LogP contribution in [0, 0.1) is 11.6 Å². The normalized spacial score (nSPS) is 14.7. The van der Waals surface area contributed by atoms with Gasteiger partial charge in [0.25, 0.3) is 0 Å².